The molecule has 1 fully saturated rings. The minimum Gasteiger partial charge on any atom is -0.372 e. The molecule has 1 N–H and O–H groups in total. The molecule has 1 saturated carbocycles. The molecule has 1 aromatic carbocycles. The third kappa shape index (κ3) is 4.37. The lowest BCUT2D eigenvalue weighted by atomic mass is 10.2. The van der Waals surface area contributed by atoms with E-state index >= 15 is 0 Å². The van der Waals surface area contributed by atoms with Gasteiger partial charge in [-0.05, 0) is 24.8 Å². The summed E-state index contributed by atoms with van der Waals surface area (Å²) in [4.78, 5) is 4.32. The number of thiazole rings is 1. The maximum Gasteiger partial charge on any atom is 0.0794 e. The van der Waals surface area contributed by atoms with Crippen molar-refractivity contribution in [1.82, 2.24) is 10.3 Å². The molecule has 1 heterocycles. The van der Waals surface area contributed by atoms with Gasteiger partial charge in [0.2, 0.25) is 0 Å². The first-order valence-corrected chi connectivity index (χ1v) is 8.62. The van der Waals surface area contributed by atoms with Crippen LogP contribution in [-0.4, -0.2) is 23.7 Å². The van der Waals surface area contributed by atoms with E-state index in [2.05, 4.69) is 39.9 Å². The van der Waals surface area contributed by atoms with Crippen molar-refractivity contribution < 1.29 is 4.74 Å². The average Bonchev–Trinajstić information content (AvgIpc) is 3.18. The van der Waals surface area contributed by atoms with Gasteiger partial charge >= 0.3 is 0 Å². The standard InChI is InChI=1S/C17H22N2OS/c1-2-5-14(6-3-1)11-20-17-8-4-7-16(17)18-10-9-15-12-21-13-19-15/h1-3,5-6,12-13,16-18H,4,7-11H2/t16-,17-/m1/s1. The molecule has 1 aliphatic carbocycles. The summed E-state index contributed by atoms with van der Waals surface area (Å²) in [6.07, 6.45) is 5.00. The Morgan fingerprint density at radius 1 is 1.24 bits per heavy atom. The van der Waals surface area contributed by atoms with E-state index in [-0.39, 0.29) is 0 Å². The van der Waals surface area contributed by atoms with Gasteiger partial charge in [-0.3, -0.25) is 0 Å². The molecular formula is C17H22N2OS. The summed E-state index contributed by atoms with van der Waals surface area (Å²) in [5.41, 5.74) is 4.34. The minimum atomic E-state index is 0.348. The lowest BCUT2D eigenvalue weighted by Gasteiger charge is -2.21. The second-order valence-corrected chi connectivity index (χ2v) is 6.28. The Hall–Kier alpha value is -1.23. The highest BCUT2D eigenvalue weighted by Crippen LogP contribution is 2.23. The molecule has 4 heteroatoms. The number of ether oxygens (including phenoxy) is 1. The van der Waals surface area contributed by atoms with Gasteiger partial charge in [-0.25, -0.2) is 4.98 Å². The van der Waals surface area contributed by atoms with E-state index in [1.165, 1.54) is 30.5 Å². The van der Waals surface area contributed by atoms with Crippen LogP contribution in [0.5, 0.6) is 0 Å². The smallest absolute Gasteiger partial charge is 0.0794 e. The van der Waals surface area contributed by atoms with Crippen molar-refractivity contribution in [2.75, 3.05) is 6.54 Å². The van der Waals surface area contributed by atoms with E-state index in [0.717, 1.165) is 19.6 Å². The maximum atomic E-state index is 6.11. The molecule has 0 bridgehead atoms. The maximum absolute atomic E-state index is 6.11. The van der Waals surface area contributed by atoms with E-state index in [0.29, 0.717) is 12.1 Å². The summed E-state index contributed by atoms with van der Waals surface area (Å²) >= 11 is 1.66. The molecule has 0 saturated heterocycles. The van der Waals surface area contributed by atoms with Crippen LogP contribution in [0.15, 0.2) is 41.2 Å². The Kier molecular flexibility index (Phi) is 5.38. The zero-order chi connectivity index (χ0) is 14.3. The molecule has 0 radical (unpaired) electrons. The van der Waals surface area contributed by atoms with Gasteiger partial charge in [0.15, 0.2) is 0 Å². The Morgan fingerprint density at radius 3 is 2.95 bits per heavy atom. The summed E-state index contributed by atoms with van der Waals surface area (Å²) < 4.78 is 6.11. The first kappa shape index (κ1) is 14.7. The largest absolute Gasteiger partial charge is 0.372 e. The molecule has 3 rings (SSSR count). The van der Waals surface area contributed by atoms with Crippen LogP contribution >= 0.6 is 11.3 Å². The number of nitrogens with zero attached hydrogens (tertiary/aromatic N) is 1. The lowest BCUT2D eigenvalue weighted by Crippen LogP contribution is -2.38. The number of nitrogens with one attached hydrogen (secondary N) is 1. The van der Waals surface area contributed by atoms with Crippen molar-refractivity contribution >= 4 is 11.3 Å². The van der Waals surface area contributed by atoms with Gasteiger partial charge in [0.25, 0.3) is 0 Å². The van der Waals surface area contributed by atoms with Gasteiger partial charge < -0.3 is 10.1 Å². The fourth-order valence-corrected chi connectivity index (χ4v) is 3.48. The number of rotatable bonds is 7. The summed E-state index contributed by atoms with van der Waals surface area (Å²) in [6, 6.07) is 10.9. The highest BCUT2D eigenvalue weighted by molar-refractivity contribution is 7.07. The Morgan fingerprint density at radius 2 is 2.14 bits per heavy atom. The molecule has 0 aliphatic heterocycles. The molecule has 112 valence electrons. The van der Waals surface area contributed by atoms with E-state index in [9.17, 15) is 0 Å². The SMILES string of the molecule is c1ccc(CO[C@@H]2CCC[C@H]2NCCc2cscn2)cc1. The summed E-state index contributed by atoms with van der Waals surface area (Å²) in [7, 11) is 0. The summed E-state index contributed by atoms with van der Waals surface area (Å²) in [5, 5.41) is 5.77. The predicted molar refractivity (Wildman–Crippen MR) is 86.5 cm³/mol. The van der Waals surface area contributed by atoms with Crippen LogP contribution in [0, 0.1) is 0 Å². The fraction of sp³-hybridized carbons (Fsp3) is 0.471. The van der Waals surface area contributed by atoms with Gasteiger partial charge in [-0.15, -0.1) is 11.3 Å². The summed E-state index contributed by atoms with van der Waals surface area (Å²) in [6.45, 7) is 1.70. The van der Waals surface area contributed by atoms with Gasteiger partial charge in [0, 0.05) is 24.4 Å². The molecule has 2 aromatic rings. The molecule has 0 spiro atoms. The van der Waals surface area contributed by atoms with Crippen molar-refractivity contribution in [3.63, 3.8) is 0 Å². The summed E-state index contributed by atoms with van der Waals surface area (Å²) in [5.74, 6) is 0. The van der Waals surface area contributed by atoms with Crippen LogP contribution in [-0.2, 0) is 17.8 Å². The van der Waals surface area contributed by atoms with Gasteiger partial charge in [-0.1, -0.05) is 30.3 Å². The monoisotopic (exact) mass is 302 g/mol. The molecule has 3 nitrogen and oxygen atoms in total. The fourth-order valence-electron chi connectivity index (χ4n) is 2.88. The van der Waals surface area contributed by atoms with Gasteiger partial charge in [-0.2, -0.15) is 0 Å². The second kappa shape index (κ2) is 7.69. The second-order valence-electron chi connectivity index (χ2n) is 5.56. The highest BCUT2D eigenvalue weighted by atomic mass is 32.1. The van der Waals surface area contributed by atoms with E-state index < -0.39 is 0 Å². The van der Waals surface area contributed by atoms with Crippen LogP contribution in [0.2, 0.25) is 0 Å². The number of hydrogen-bond donors (Lipinski definition) is 1. The van der Waals surface area contributed by atoms with Crippen molar-refractivity contribution in [2.24, 2.45) is 0 Å². The third-order valence-corrected chi connectivity index (χ3v) is 4.67. The number of aromatic nitrogens is 1. The molecule has 21 heavy (non-hydrogen) atoms. The average molecular weight is 302 g/mol. The Labute approximate surface area is 130 Å². The molecule has 1 aromatic heterocycles. The highest BCUT2D eigenvalue weighted by Gasteiger charge is 2.27. The van der Waals surface area contributed by atoms with E-state index in [1.807, 2.05) is 11.6 Å². The zero-order valence-corrected chi connectivity index (χ0v) is 13.0. The van der Waals surface area contributed by atoms with Crippen molar-refractivity contribution in [1.29, 1.82) is 0 Å². The van der Waals surface area contributed by atoms with Crippen LogP contribution in [0.1, 0.15) is 30.5 Å². The zero-order valence-electron chi connectivity index (χ0n) is 12.2. The van der Waals surface area contributed by atoms with Gasteiger partial charge in [0.05, 0.1) is 23.9 Å². The van der Waals surface area contributed by atoms with Crippen molar-refractivity contribution in [2.45, 2.75) is 44.4 Å². The van der Waals surface area contributed by atoms with E-state index in [1.54, 1.807) is 11.3 Å². The molecular weight excluding hydrogens is 280 g/mol. The van der Waals surface area contributed by atoms with Gasteiger partial charge in [0.1, 0.15) is 0 Å². The Bertz CT molecular complexity index is 515. The normalized spacial score (nSPS) is 21.7. The lowest BCUT2D eigenvalue weighted by molar-refractivity contribution is 0.0280. The number of benzene rings is 1. The van der Waals surface area contributed by atoms with Crippen LogP contribution in [0.3, 0.4) is 0 Å². The third-order valence-electron chi connectivity index (χ3n) is 4.03. The minimum absolute atomic E-state index is 0.348. The molecule has 0 unspecified atom stereocenters. The topological polar surface area (TPSA) is 34.1 Å². The molecule has 1 aliphatic rings. The van der Waals surface area contributed by atoms with Crippen molar-refractivity contribution in [3.8, 4) is 0 Å². The van der Waals surface area contributed by atoms with E-state index in [4.69, 9.17) is 4.74 Å². The molecule has 0 amide bonds. The molecule has 2 atom stereocenters. The first-order chi connectivity index (χ1) is 10.4. The first-order valence-electron chi connectivity index (χ1n) is 7.68. The van der Waals surface area contributed by atoms with Crippen LogP contribution in [0.25, 0.3) is 0 Å². The van der Waals surface area contributed by atoms with Crippen molar-refractivity contribution in [3.05, 3.63) is 52.5 Å². The quantitative estimate of drug-likeness (QED) is 0.851. The predicted octanol–water partition coefficient (Wildman–Crippen LogP) is 3.41. The Balaban J connectivity index is 1.42. The number of hydrogen-bond acceptors (Lipinski definition) is 4. The van der Waals surface area contributed by atoms with Crippen LogP contribution < -0.4 is 5.32 Å². The van der Waals surface area contributed by atoms with Crippen LogP contribution in [0.4, 0.5) is 0 Å².